The minimum absolute atomic E-state index is 0.334. The topological polar surface area (TPSA) is 69.9 Å². The van der Waals surface area contributed by atoms with Gasteiger partial charge in [0.15, 0.2) is 0 Å². The summed E-state index contributed by atoms with van der Waals surface area (Å²) in [4.78, 5) is 11.2. The van der Waals surface area contributed by atoms with Crippen molar-refractivity contribution in [3.8, 4) is 0 Å². The van der Waals surface area contributed by atoms with Gasteiger partial charge in [0.25, 0.3) is 0 Å². The van der Waals surface area contributed by atoms with Crippen LogP contribution in [0.25, 0.3) is 0 Å². The average molecular weight is 442 g/mol. The maximum absolute atomic E-state index is 11.2. The predicted octanol–water partition coefficient (Wildman–Crippen LogP) is 6.64. The number of fused-ring (bicyclic) bond motifs is 1. The number of nitroso groups, excluding NO2 is 1. The van der Waals surface area contributed by atoms with Crippen molar-refractivity contribution in [2.45, 2.75) is 103 Å². The van der Waals surface area contributed by atoms with Crippen molar-refractivity contribution in [2.75, 3.05) is 0 Å². The second-order valence-electron chi connectivity index (χ2n) is 11.5. The summed E-state index contributed by atoms with van der Waals surface area (Å²) in [5.41, 5.74) is 3.30. The van der Waals surface area contributed by atoms with Crippen molar-refractivity contribution < 1.29 is 10.2 Å². The van der Waals surface area contributed by atoms with E-state index in [1.165, 1.54) is 37.7 Å². The predicted molar refractivity (Wildman–Crippen MR) is 132 cm³/mol. The molecule has 2 N–H and O–H groups in total. The molecule has 0 heterocycles. The number of aliphatic hydroxyl groups is 2. The first-order valence-corrected chi connectivity index (χ1v) is 12.5. The van der Waals surface area contributed by atoms with E-state index < -0.39 is 17.7 Å². The summed E-state index contributed by atoms with van der Waals surface area (Å²) in [6, 6.07) is -0.572. The zero-order valence-electron chi connectivity index (χ0n) is 20.6. The molecule has 6 atom stereocenters. The summed E-state index contributed by atoms with van der Waals surface area (Å²) in [5.74, 6) is 2.00. The molecule has 0 bridgehead atoms. The summed E-state index contributed by atoms with van der Waals surface area (Å²) in [6.07, 6.45) is 13.2. The molecule has 0 aromatic rings. The molecule has 4 heteroatoms. The minimum atomic E-state index is -0.881. The Kier molecular flexibility index (Phi) is 7.66. The molecule has 0 radical (unpaired) electrons. The van der Waals surface area contributed by atoms with E-state index in [0.717, 1.165) is 30.8 Å². The highest BCUT2D eigenvalue weighted by atomic mass is 16.3. The van der Waals surface area contributed by atoms with Gasteiger partial charge >= 0.3 is 0 Å². The van der Waals surface area contributed by atoms with E-state index in [0.29, 0.717) is 34.8 Å². The lowest BCUT2D eigenvalue weighted by atomic mass is 9.60. The number of rotatable bonds is 7. The van der Waals surface area contributed by atoms with Crippen LogP contribution >= 0.6 is 0 Å². The summed E-state index contributed by atoms with van der Waals surface area (Å²) >= 11 is 0. The zero-order valence-corrected chi connectivity index (χ0v) is 20.6. The third-order valence-electron chi connectivity index (χ3n) is 8.73. The lowest BCUT2D eigenvalue weighted by Gasteiger charge is -2.44. The molecule has 4 nitrogen and oxygen atoms in total. The number of hydrogen-bond acceptors (Lipinski definition) is 4. The summed E-state index contributed by atoms with van der Waals surface area (Å²) < 4.78 is 0. The monoisotopic (exact) mass is 441 g/mol. The average Bonchev–Trinajstić information content (AvgIpc) is 3.08. The fraction of sp³-hybridized carbons (Fsp3) is 0.714. The molecule has 3 aliphatic rings. The molecular formula is C28H43NO3. The highest BCUT2D eigenvalue weighted by molar-refractivity contribution is 5.46. The van der Waals surface area contributed by atoms with Gasteiger partial charge in [-0.05, 0) is 92.3 Å². The molecule has 3 aliphatic carbocycles. The number of aliphatic hydroxyl groups excluding tert-OH is 1. The van der Waals surface area contributed by atoms with E-state index in [1.54, 1.807) is 0 Å². The minimum Gasteiger partial charge on any atom is -0.390 e. The fourth-order valence-corrected chi connectivity index (χ4v) is 6.81. The molecule has 3 fully saturated rings. The van der Waals surface area contributed by atoms with Crippen LogP contribution in [0.2, 0.25) is 0 Å². The Morgan fingerprint density at radius 3 is 2.66 bits per heavy atom. The van der Waals surface area contributed by atoms with Gasteiger partial charge < -0.3 is 10.2 Å². The number of allylic oxidation sites excluding steroid dienone is 3. The lowest BCUT2D eigenvalue weighted by Crippen LogP contribution is -2.36. The van der Waals surface area contributed by atoms with E-state index >= 15 is 0 Å². The summed E-state index contributed by atoms with van der Waals surface area (Å²) in [6.45, 7) is 16.6. The Balaban J connectivity index is 1.73. The maximum atomic E-state index is 11.2. The van der Waals surface area contributed by atoms with E-state index in [9.17, 15) is 15.1 Å². The van der Waals surface area contributed by atoms with Crippen LogP contribution < -0.4 is 0 Å². The van der Waals surface area contributed by atoms with E-state index in [-0.39, 0.29) is 0 Å². The Labute approximate surface area is 194 Å². The van der Waals surface area contributed by atoms with Crippen LogP contribution in [0.1, 0.15) is 85.5 Å². The van der Waals surface area contributed by atoms with Crippen LogP contribution in [-0.2, 0) is 0 Å². The largest absolute Gasteiger partial charge is 0.390 e. The normalized spacial score (nSPS) is 37.1. The second-order valence-corrected chi connectivity index (χ2v) is 11.5. The molecule has 0 aromatic heterocycles. The number of nitrogens with zero attached hydrogens (tertiary/aromatic N) is 1. The van der Waals surface area contributed by atoms with Crippen LogP contribution in [0.15, 0.2) is 52.8 Å². The highest BCUT2D eigenvalue weighted by Crippen LogP contribution is 2.60. The first-order valence-electron chi connectivity index (χ1n) is 12.5. The van der Waals surface area contributed by atoms with Crippen molar-refractivity contribution in [3.63, 3.8) is 0 Å². The molecule has 0 spiro atoms. The third-order valence-corrected chi connectivity index (χ3v) is 8.73. The third kappa shape index (κ3) is 5.17. The van der Waals surface area contributed by atoms with Gasteiger partial charge in [0.2, 0.25) is 0 Å². The van der Waals surface area contributed by atoms with E-state index in [1.807, 2.05) is 13.8 Å². The lowest BCUT2D eigenvalue weighted by molar-refractivity contribution is 0.0596. The van der Waals surface area contributed by atoms with Gasteiger partial charge in [-0.25, -0.2) is 0 Å². The van der Waals surface area contributed by atoms with Crippen LogP contribution in [0, 0.1) is 28.1 Å². The van der Waals surface area contributed by atoms with Gasteiger partial charge in [-0.3, -0.25) is 0 Å². The molecular weight excluding hydrogens is 398 g/mol. The van der Waals surface area contributed by atoms with Crippen molar-refractivity contribution in [3.05, 3.63) is 52.5 Å². The van der Waals surface area contributed by atoms with Gasteiger partial charge in [0.05, 0.1) is 5.60 Å². The maximum Gasteiger partial charge on any atom is 0.119 e. The molecule has 3 saturated carbocycles. The Hall–Kier alpha value is -1.52. The zero-order chi connectivity index (χ0) is 23.7. The van der Waals surface area contributed by atoms with Crippen LogP contribution in [0.5, 0.6) is 0 Å². The SMILES string of the molecule is C=C1/C(=C\C=C2/CCC[C@@]3(C)C2CCC3[C@@H](C)CCCC(C)(C)O)C[C@@H](N=O)C(=C)[C@@H]1O. The molecule has 3 rings (SSSR count). The molecule has 0 aliphatic heterocycles. The van der Waals surface area contributed by atoms with Gasteiger partial charge in [-0.15, -0.1) is 0 Å². The van der Waals surface area contributed by atoms with E-state index in [4.69, 9.17) is 0 Å². The van der Waals surface area contributed by atoms with Gasteiger partial charge in [0.1, 0.15) is 12.1 Å². The molecule has 0 saturated heterocycles. The number of hydrogen-bond donors (Lipinski definition) is 2. The van der Waals surface area contributed by atoms with Crippen molar-refractivity contribution >= 4 is 0 Å². The van der Waals surface area contributed by atoms with Gasteiger partial charge in [0, 0.05) is 6.42 Å². The molecule has 32 heavy (non-hydrogen) atoms. The van der Waals surface area contributed by atoms with E-state index in [2.05, 4.69) is 44.3 Å². The van der Waals surface area contributed by atoms with Crippen molar-refractivity contribution in [2.24, 2.45) is 28.3 Å². The van der Waals surface area contributed by atoms with Crippen LogP contribution in [0.3, 0.4) is 0 Å². The Morgan fingerprint density at radius 2 is 2.00 bits per heavy atom. The van der Waals surface area contributed by atoms with Crippen molar-refractivity contribution in [1.29, 1.82) is 0 Å². The Morgan fingerprint density at radius 1 is 1.28 bits per heavy atom. The van der Waals surface area contributed by atoms with Crippen molar-refractivity contribution in [1.82, 2.24) is 0 Å². The summed E-state index contributed by atoms with van der Waals surface area (Å²) in [5, 5.41) is 23.6. The van der Waals surface area contributed by atoms with Gasteiger partial charge in [-0.2, -0.15) is 4.91 Å². The van der Waals surface area contributed by atoms with Gasteiger partial charge in [-0.1, -0.05) is 62.7 Å². The Bertz CT molecular complexity index is 798. The standard InChI is InChI=1S/C28H43NO3/c1-18(9-7-15-27(4,5)31)23-13-14-24-21(10-8-16-28(23,24)6)11-12-22-17-25(29-32)20(3)26(30)19(22)2/h11-12,18,23-26,30-31H,2-3,7-10,13-17H2,1,4-6H3/b21-11+,22-12-/t18-,23?,24?,25+,26+,28+/m0/s1. The molecule has 178 valence electrons. The smallest absolute Gasteiger partial charge is 0.119 e. The highest BCUT2D eigenvalue weighted by Gasteiger charge is 2.50. The molecule has 2 unspecified atom stereocenters. The molecule has 0 aromatic carbocycles. The molecule has 0 amide bonds. The quantitative estimate of drug-likeness (QED) is 0.343. The summed E-state index contributed by atoms with van der Waals surface area (Å²) in [7, 11) is 0. The second kappa shape index (κ2) is 9.77. The fourth-order valence-electron chi connectivity index (χ4n) is 6.81. The first-order chi connectivity index (χ1) is 15.0. The van der Waals surface area contributed by atoms with Crippen LogP contribution in [0.4, 0.5) is 0 Å². The van der Waals surface area contributed by atoms with Crippen LogP contribution in [-0.4, -0.2) is 28.0 Å². The first kappa shape index (κ1) is 25.1.